The van der Waals surface area contributed by atoms with Crippen molar-refractivity contribution in [2.24, 2.45) is 5.41 Å². The van der Waals surface area contributed by atoms with Gasteiger partial charge in [0.2, 0.25) is 11.8 Å². The van der Waals surface area contributed by atoms with E-state index in [1.807, 2.05) is 29.2 Å². The van der Waals surface area contributed by atoms with Gasteiger partial charge in [-0.2, -0.15) is 0 Å². The Labute approximate surface area is 364 Å². The molecule has 2 saturated heterocycles. The molecule has 11 nitrogen and oxygen atoms in total. The van der Waals surface area contributed by atoms with E-state index < -0.39 is 48.5 Å². The van der Waals surface area contributed by atoms with Gasteiger partial charge in [0.05, 0.1) is 24.7 Å². The van der Waals surface area contributed by atoms with Gasteiger partial charge in [-0.25, -0.2) is 17.6 Å². The molecule has 2 N–H and O–H groups in total. The number of piperidine rings is 2. The van der Waals surface area contributed by atoms with Gasteiger partial charge in [0.1, 0.15) is 24.0 Å². The van der Waals surface area contributed by atoms with Crippen molar-refractivity contribution in [1.29, 1.82) is 0 Å². The van der Waals surface area contributed by atoms with Gasteiger partial charge < -0.3 is 19.6 Å². The summed E-state index contributed by atoms with van der Waals surface area (Å²) >= 11 is 0. The zero-order chi connectivity index (χ0) is 44.6. The number of aromatic nitrogens is 1. The third kappa shape index (κ3) is 9.10. The number of nitrogens with zero attached hydrogens (tertiary/aromatic N) is 4. The molecule has 2 unspecified atom stereocenters. The summed E-state index contributed by atoms with van der Waals surface area (Å²) in [7, 11) is 3.65. The van der Waals surface area contributed by atoms with Gasteiger partial charge in [-0.05, 0) is 135 Å². The summed E-state index contributed by atoms with van der Waals surface area (Å²) in [5.74, 6) is -2.44. The molecule has 3 aromatic carbocycles. The first-order valence-electron chi connectivity index (χ1n) is 21.9. The first-order valence-corrected chi connectivity index (χ1v) is 21.9. The molecule has 0 bridgehead atoms. The van der Waals surface area contributed by atoms with E-state index in [1.165, 1.54) is 41.8 Å². The Kier molecular flexibility index (Phi) is 13.0. The Morgan fingerprint density at radius 1 is 0.921 bits per heavy atom. The van der Waals surface area contributed by atoms with E-state index in [4.69, 9.17) is 0 Å². The third-order valence-electron chi connectivity index (χ3n) is 14.3. The summed E-state index contributed by atoms with van der Waals surface area (Å²) in [5, 5.41) is 3.21. The largest absolute Gasteiger partial charge is 0.357 e. The van der Waals surface area contributed by atoms with Crippen LogP contribution in [0.4, 0.5) is 17.6 Å². The molecule has 5 heterocycles. The Bertz CT molecular complexity index is 2380. The molecule has 5 aliphatic rings. The predicted octanol–water partition coefficient (Wildman–Crippen LogP) is 6.92. The fourth-order valence-electron chi connectivity index (χ4n) is 10.7. The number of para-hydroxylation sites is 1. The number of amides is 3. The second kappa shape index (κ2) is 18.5. The molecule has 4 aliphatic heterocycles. The maximum absolute atomic E-state index is 15.8. The number of nitrogens with one attached hydrogen (secondary N) is 2. The van der Waals surface area contributed by atoms with Crippen molar-refractivity contribution in [3.05, 3.63) is 105 Å². The van der Waals surface area contributed by atoms with Crippen molar-refractivity contribution < 1.29 is 41.5 Å². The first kappa shape index (κ1) is 44.4. The number of fused-ring (bicyclic) bond motifs is 4. The summed E-state index contributed by atoms with van der Waals surface area (Å²) < 4.78 is 58.7. The highest BCUT2D eigenvalue weighted by Gasteiger charge is 2.40. The number of rotatable bonds is 9. The summed E-state index contributed by atoms with van der Waals surface area (Å²) in [5.41, 5.74) is 5.67. The average Bonchev–Trinajstić information content (AvgIpc) is 3.85. The van der Waals surface area contributed by atoms with Gasteiger partial charge in [0.25, 0.3) is 12.3 Å². The molecule has 4 aromatic rings. The second-order valence-corrected chi connectivity index (χ2v) is 18.1. The highest BCUT2D eigenvalue weighted by molar-refractivity contribution is 6.06. The Morgan fingerprint density at radius 3 is 2.25 bits per heavy atom. The van der Waals surface area contributed by atoms with Crippen molar-refractivity contribution >= 4 is 41.2 Å². The zero-order valence-electron chi connectivity index (χ0n) is 35.7. The Morgan fingerprint density at radius 2 is 1.60 bits per heavy atom. The lowest BCUT2D eigenvalue weighted by atomic mass is 9.64. The zero-order valence-corrected chi connectivity index (χ0v) is 35.7. The van der Waals surface area contributed by atoms with Crippen LogP contribution in [0.25, 0.3) is 10.9 Å². The normalized spacial score (nSPS) is 21.8. The van der Waals surface area contributed by atoms with E-state index in [9.17, 15) is 32.8 Å². The predicted molar refractivity (Wildman–Crippen MR) is 228 cm³/mol. The summed E-state index contributed by atoms with van der Waals surface area (Å²) in [6.07, 6.45) is 6.30. The quantitative estimate of drug-likeness (QED) is 0.106. The monoisotopic (exact) mass is 870 g/mol. The number of benzene rings is 3. The maximum Gasteiger partial charge on any atom is 0.255 e. The molecule has 1 aromatic heterocycles. The Hall–Kier alpha value is -5.25. The van der Waals surface area contributed by atoms with Crippen LogP contribution in [0, 0.1) is 17.0 Å². The van der Waals surface area contributed by atoms with Crippen LogP contribution in [-0.2, 0) is 33.9 Å². The molecule has 3 amide bonds. The number of likely N-dealkylation sites (tertiary alicyclic amines) is 1. The van der Waals surface area contributed by atoms with E-state index in [-0.39, 0.29) is 47.9 Å². The minimum absolute atomic E-state index is 0.125. The average molecular weight is 871 g/mol. The lowest BCUT2D eigenvalue weighted by Gasteiger charge is -2.45. The minimum atomic E-state index is -2.59. The summed E-state index contributed by atoms with van der Waals surface area (Å²) in [4.78, 5) is 68.8. The van der Waals surface area contributed by atoms with E-state index in [1.54, 1.807) is 12.1 Å². The van der Waals surface area contributed by atoms with E-state index in [0.29, 0.717) is 49.0 Å². The van der Waals surface area contributed by atoms with Crippen molar-refractivity contribution in [2.45, 2.75) is 95.3 Å². The SMILES string of the molecule is CN(C(=O)c1cc2c(cc1C=O)CN(CC=O)C2)C1CCC(=O)NC1=O.CN1CCC2(CCC(c3cc(F)c(C4c5[nH]c6ccccc6c5CCN4CC(F)F)c(F)c3)CC2)CC1. The summed E-state index contributed by atoms with van der Waals surface area (Å²) in [6.45, 7) is 3.39. The number of carbonyl (C=O) groups excluding carboxylic acids is 5. The fourth-order valence-corrected chi connectivity index (χ4v) is 10.7. The highest BCUT2D eigenvalue weighted by atomic mass is 19.3. The Balaban J connectivity index is 0.000000184. The number of hydrogen-bond acceptors (Lipinski definition) is 8. The van der Waals surface area contributed by atoms with Crippen LogP contribution in [0.15, 0.2) is 48.5 Å². The molecule has 0 radical (unpaired) electrons. The van der Waals surface area contributed by atoms with Gasteiger partial charge in [0.15, 0.2) is 6.29 Å². The van der Waals surface area contributed by atoms with Crippen LogP contribution in [0.1, 0.15) is 118 Å². The molecule has 63 heavy (non-hydrogen) atoms. The van der Waals surface area contributed by atoms with E-state index >= 15 is 8.78 Å². The van der Waals surface area contributed by atoms with Crippen LogP contribution in [0.5, 0.6) is 0 Å². The van der Waals surface area contributed by atoms with Crippen LogP contribution >= 0.6 is 0 Å². The standard InChI is InChI=1S/C30H35F4N3.C18H19N3O5/c1-36-14-11-30(12-15-36)9-6-19(7-10-30)20-16-23(31)27(24(32)17-20)29-28-22(8-13-37(29)18-26(33)34)21-4-2-3-5-25(21)35-28;1-20(15-2-3-16(24)19-17(15)25)18(26)14-7-12-9-21(4-5-22)8-11(12)6-13(14)10-23/h2-5,16-17,19,26,29,35H,6-15,18H2,1H3;5-7,10,15H,2-4,8-9H2,1H3,(H,19,24,25). The van der Waals surface area contributed by atoms with Gasteiger partial charge in [-0.3, -0.25) is 34.3 Å². The van der Waals surface area contributed by atoms with Gasteiger partial charge in [-0.15, -0.1) is 0 Å². The molecule has 1 spiro atoms. The van der Waals surface area contributed by atoms with Gasteiger partial charge in [0, 0.05) is 60.8 Å². The van der Waals surface area contributed by atoms with Crippen molar-refractivity contribution in [3.8, 4) is 0 Å². The van der Waals surface area contributed by atoms with Crippen molar-refractivity contribution in [2.75, 3.05) is 46.8 Å². The van der Waals surface area contributed by atoms with Crippen LogP contribution < -0.4 is 5.32 Å². The molecule has 3 fully saturated rings. The van der Waals surface area contributed by atoms with Crippen molar-refractivity contribution in [3.63, 3.8) is 0 Å². The lowest BCUT2D eigenvalue weighted by Crippen LogP contribution is -2.53. The molecule has 2 atom stereocenters. The number of hydrogen-bond donors (Lipinski definition) is 2. The molecular weight excluding hydrogens is 817 g/mol. The smallest absolute Gasteiger partial charge is 0.255 e. The molecule has 334 valence electrons. The maximum atomic E-state index is 15.8. The number of H-pyrrole nitrogens is 1. The minimum Gasteiger partial charge on any atom is -0.357 e. The third-order valence-corrected chi connectivity index (χ3v) is 14.3. The fraction of sp³-hybridized carbons (Fsp3) is 0.479. The molecule has 1 saturated carbocycles. The second-order valence-electron chi connectivity index (χ2n) is 18.1. The van der Waals surface area contributed by atoms with Gasteiger partial charge >= 0.3 is 0 Å². The topological polar surface area (TPSA) is 126 Å². The number of alkyl halides is 2. The van der Waals surface area contributed by atoms with Crippen LogP contribution in [-0.4, -0.2) is 114 Å². The number of carbonyl (C=O) groups is 5. The van der Waals surface area contributed by atoms with Crippen LogP contribution in [0.2, 0.25) is 0 Å². The first-order chi connectivity index (χ1) is 30.3. The highest BCUT2D eigenvalue weighted by Crippen LogP contribution is 2.49. The van der Waals surface area contributed by atoms with Crippen LogP contribution in [0.3, 0.4) is 0 Å². The molecular formula is C48H54F4N6O5. The number of imide groups is 1. The number of halogens is 4. The summed E-state index contributed by atoms with van der Waals surface area (Å²) in [6, 6.07) is 12.3. The number of likely N-dealkylation sites (N-methyl/N-ethyl adjacent to an activating group) is 1. The molecule has 9 rings (SSSR count). The number of aromatic amines is 1. The van der Waals surface area contributed by atoms with Gasteiger partial charge in [-0.1, -0.05) is 18.2 Å². The molecule has 15 heteroatoms. The van der Waals surface area contributed by atoms with E-state index in [0.717, 1.165) is 72.7 Å². The molecule has 1 aliphatic carbocycles. The van der Waals surface area contributed by atoms with Crippen molar-refractivity contribution in [1.82, 2.24) is 29.9 Å². The number of aldehydes is 2. The van der Waals surface area contributed by atoms with E-state index in [2.05, 4.69) is 22.2 Å². The lowest BCUT2D eigenvalue weighted by molar-refractivity contribution is -0.136.